The van der Waals surface area contributed by atoms with Crippen LogP contribution in [0.25, 0.3) is 0 Å². The van der Waals surface area contributed by atoms with Gasteiger partial charge in [0, 0.05) is 25.5 Å². The molecule has 0 bridgehead atoms. The van der Waals surface area contributed by atoms with E-state index in [1.807, 2.05) is 0 Å². The van der Waals surface area contributed by atoms with Gasteiger partial charge in [0.25, 0.3) is 5.91 Å². The molecule has 3 rings (SSSR count). The Kier molecular flexibility index (Phi) is 5.59. The van der Waals surface area contributed by atoms with Gasteiger partial charge in [0.1, 0.15) is 23.2 Å². The number of aromatic nitrogens is 1. The number of amides is 1. The van der Waals surface area contributed by atoms with E-state index in [4.69, 9.17) is 9.94 Å². The van der Waals surface area contributed by atoms with E-state index in [1.54, 1.807) is 24.5 Å². The number of benzene rings is 1. The first-order chi connectivity index (χ1) is 12.9. The number of hydrogen-bond acceptors (Lipinski definition) is 7. The van der Waals surface area contributed by atoms with Crippen molar-refractivity contribution in [2.75, 3.05) is 13.1 Å². The van der Waals surface area contributed by atoms with Crippen molar-refractivity contribution in [2.45, 2.75) is 23.8 Å². The molecule has 0 saturated carbocycles. The quantitative estimate of drug-likeness (QED) is 0.513. The third-order valence-corrected chi connectivity index (χ3v) is 6.25. The topological polar surface area (TPSA) is 129 Å². The molecular formula is C17H19N3O6S. The van der Waals surface area contributed by atoms with Gasteiger partial charge in [0.15, 0.2) is 0 Å². The van der Waals surface area contributed by atoms with Crippen molar-refractivity contribution in [3.63, 3.8) is 0 Å². The summed E-state index contributed by atoms with van der Waals surface area (Å²) in [6.07, 6.45) is 4.04. The second-order valence-electron chi connectivity index (χ2n) is 6.00. The molecular weight excluding hydrogens is 374 g/mol. The molecule has 10 heteroatoms. The molecule has 0 aliphatic carbocycles. The minimum absolute atomic E-state index is 0.136. The molecule has 9 nitrogen and oxygen atoms in total. The molecule has 0 unspecified atom stereocenters. The number of nitrogens with one attached hydrogen (secondary N) is 1. The summed E-state index contributed by atoms with van der Waals surface area (Å²) < 4.78 is 33.0. The van der Waals surface area contributed by atoms with Crippen LogP contribution in [0.15, 0.2) is 47.6 Å². The van der Waals surface area contributed by atoms with Crippen molar-refractivity contribution in [3.8, 4) is 11.5 Å². The monoisotopic (exact) mass is 393 g/mol. The van der Waals surface area contributed by atoms with Crippen LogP contribution in [0.4, 0.5) is 0 Å². The Morgan fingerprint density at radius 3 is 2.48 bits per heavy atom. The van der Waals surface area contributed by atoms with Gasteiger partial charge in [-0.2, -0.15) is 4.31 Å². The summed E-state index contributed by atoms with van der Waals surface area (Å²) in [6.45, 7) is 0.405. The number of carbonyl (C=O) groups excluding carboxylic acids is 1. The van der Waals surface area contributed by atoms with Gasteiger partial charge in [-0.25, -0.2) is 13.9 Å². The third kappa shape index (κ3) is 4.02. The largest absolute Gasteiger partial charge is 0.507 e. The highest BCUT2D eigenvalue weighted by molar-refractivity contribution is 7.89. The first-order valence-corrected chi connectivity index (χ1v) is 9.70. The zero-order chi connectivity index (χ0) is 19.4. The molecule has 2 heterocycles. The van der Waals surface area contributed by atoms with Gasteiger partial charge < -0.3 is 9.84 Å². The van der Waals surface area contributed by atoms with Gasteiger partial charge in [-0.15, -0.1) is 0 Å². The van der Waals surface area contributed by atoms with Crippen LogP contribution >= 0.6 is 0 Å². The summed E-state index contributed by atoms with van der Waals surface area (Å²) in [4.78, 5) is 15.4. The van der Waals surface area contributed by atoms with Crippen molar-refractivity contribution < 1.29 is 28.3 Å². The fourth-order valence-electron chi connectivity index (χ4n) is 2.96. The summed E-state index contributed by atoms with van der Waals surface area (Å²) in [6, 6.07) is 7.19. The number of sulfonamides is 1. The predicted octanol–water partition coefficient (Wildman–Crippen LogP) is 1.14. The number of phenols is 1. The van der Waals surface area contributed by atoms with Gasteiger partial charge in [-0.3, -0.25) is 15.0 Å². The van der Waals surface area contributed by atoms with Gasteiger partial charge in [-0.1, -0.05) is 6.07 Å². The molecule has 0 radical (unpaired) electrons. The second-order valence-corrected chi connectivity index (χ2v) is 7.90. The van der Waals surface area contributed by atoms with Gasteiger partial charge in [0.2, 0.25) is 10.0 Å². The lowest BCUT2D eigenvalue weighted by Gasteiger charge is -2.31. The van der Waals surface area contributed by atoms with Gasteiger partial charge >= 0.3 is 0 Å². The van der Waals surface area contributed by atoms with Crippen molar-refractivity contribution in [1.29, 1.82) is 0 Å². The lowest BCUT2D eigenvalue weighted by molar-refractivity contribution is 0.0699. The Bertz CT molecular complexity index is 912. The normalized spacial score (nSPS) is 16.0. The van der Waals surface area contributed by atoms with Gasteiger partial charge in [0.05, 0.1) is 4.90 Å². The number of hydrogen-bond donors (Lipinski definition) is 3. The highest BCUT2D eigenvalue weighted by Gasteiger charge is 2.34. The SMILES string of the molecule is O=C(NO)c1c(O)cccc1S(=O)(=O)N1CCC(Oc2ccncc2)CC1. The van der Waals surface area contributed by atoms with Crippen LogP contribution in [0.2, 0.25) is 0 Å². The summed E-state index contributed by atoms with van der Waals surface area (Å²) in [5.74, 6) is -0.956. The van der Waals surface area contributed by atoms with Crippen LogP contribution < -0.4 is 10.2 Å². The molecule has 2 aromatic rings. The summed E-state index contributed by atoms with van der Waals surface area (Å²) in [7, 11) is -4.03. The molecule has 1 fully saturated rings. The van der Waals surface area contributed by atoms with E-state index in [0.717, 1.165) is 0 Å². The first-order valence-electron chi connectivity index (χ1n) is 8.26. The zero-order valence-corrected chi connectivity index (χ0v) is 15.1. The van der Waals surface area contributed by atoms with Crippen molar-refractivity contribution >= 4 is 15.9 Å². The van der Waals surface area contributed by atoms with E-state index in [0.29, 0.717) is 18.6 Å². The smallest absolute Gasteiger partial charge is 0.279 e. The Balaban J connectivity index is 1.76. The van der Waals surface area contributed by atoms with Crippen LogP contribution in [0.3, 0.4) is 0 Å². The van der Waals surface area contributed by atoms with Crippen molar-refractivity contribution in [2.24, 2.45) is 0 Å². The summed E-state index contributed by atoms with van der Waals surface area (Å²) in [5, 5.41) is 18.7. The standard InChI is InChI=1S/C17H19N3O6S/c21-14-2-1-3-15(16(14)17(22)19-23)27(24,25)20-10-6-13(7-11-20)26-12-4-8-18-9-5-12/h1-5,8-9,13,21,23H,6-7,10-11H2,(H,19,22). The van der Waals surface area contributed by atoms with Crippen molar-refractivity contribution in [3.05, 3.63) is 48.3 Å². The maximum absolute atomic E-state index is 12.9. The molecule has 3 N–H and O–H groups in total. The Hall–Kier alpha value is -2.69. The molecule has 1 amide bonds. The number of ether oxygens (including phenoxy) is 1. The molecule has 0 atom stereocenters. The average Bonchev–Trinajstić information content (AvgIpc) is 2.68. The van der Waals surface area contributed by atoms with Crippen LogP contribution in [0.5, 0.6) is 11.5 Å². The molecule has 1 aliphatic heterocycles. The minimum atomic E-state index is -4.03. The number of piperidine rings is 1. The van der Waals surface area contributed by atoms with Crippen LogP contribution in [0, 0.1) is 0 Å². The first kappa shape index (κ1) is 19.1. The number of aromatic hydroxyl groups is 1. The van der Waals surface area contributed by atoms with Crippen LogP contribution in [0.1, 0.15) is 23.2 Å². The Labute approximate surface area is 156 Å². The van der Waals surface area contributed by atoms with E-state index in [1.165, 1.54) is 28.0 Å². The maximum Gasteiger partial charge on any atom is 0.279 e. The summed E-state index contributed by atoms with van der Waals surface area (Å²) >= 11 is 0. The fourth-order valence-corrected chi connectivity index (χ4v) is 4.63. The number of hydroxylamine groups is 1. The zero-order valence-electron chi connectivity index (χ0n) is 14.3. The number of carbonyl (C=O) groups is 1. The van der Waals surface area contributed by atoms with Crippen molar-refractivity contribution in [1.82, 2.24) is 14.8 Å². The van der Waals surface area contributed by atoms with Crippen LogP contribution in [-0.4, -0.2) is 53.1 Å². The highest BCUT2D eigenvalue weighted by atomic mass is 32.2. The molecule has 144 valence electrons. The van der Waals surface area contributed by atoms with E-state index in [2.05, 4.69) is 4.98 Å². The van der Waals surface area contributed by atoms with Gasteiger partial charge in [-0.05, 0) is 37.1 Å². The van der Waals surface area contributed by atoms with E-state index in [-0.39, 0.29) is 24.1 Å². The number of nitrogens with zero attached hydrogens (tertiary/aromatic N) is 2. The molecule has 27 heavy (non-hydrogen) atoms. The molecule has 0 spiro atoms. The lowest BCUT2D eigenvalue weighted by atomic mass is 10.1. The van der Waals surface area contributed by atoms with E-state index < -0.39 is 27.2 Å². The lowest BCUT2D eigenvalue weighted by Crippen LogP contribution is -2.42. The molecule has 1 aliphatic rings. The van der Waals surface area contributed by atoms with E-state index >= 15 is 0 Å². The Morgan fingerprint density at radius 2 is 1.85 bits per heavy atom. The summed E-state index contributed by atoms with van der Waals surface area (Å²) in [5.41, 5.74) is 0.874. The second kappa shape index (κ2) is 7.91. The number of phenolic OH excluding ortho intramolecular Hbond substituents is 1. The third-order valence-electron chi connectivity index (χ3n) is 4.30. The van der Waals surface area contributed by atoms with Crippen LogP contribution in [-0.2, 0) is 10.0 Å². The number of pyridine rings is 1. The Morgan fingerprint density at radius 1 is 1.19 bits per heavy atom. The minimum Gasteiger partial charge on any atom is -0.507 e. The van der Waals surface area contributed by atoms with E-state index in [9.17, 15) is 18.3 Å². The number of rotatable bonds is 5. The molecule has 1 aromatic carbocycles. The average molecular weight is 393 g/mol. The maximum atomic E-state index is 12.9. The molecule has 1 aromatic heterocycles. The fraction of sp³-hybridized carbons (Fsp3) is 0.294. The molecule has 1 saturated heterocycles. The predicted molar refractivity (Wildman–Crippen MR) is 94.0 cm³/mol. The highest BCUT2D eigenvalue weighted by Crippen LogP contribution is 2.29.